The predicted octanol–water partition coefficient (Wildman–Crippen LogP) is 13.0. The Morgan fingerprint density at radius 3 is 2.17 bits per heavy atom. The number of piperazine rings is 1. The Morgan fingerprint density at radius 2 is 1.52 bits per heavy atom. The van der Waals surface area contributed by atoms with Crippen molar-refractivity contribution in [3.63, 3.8) is 0 Å². The van der Waals surface area contributed by atoms with E-state index < -0.39 is 36.8 Å². The third-order valence-corrected chi connectivity index (χ3v) is 27.8. The van der Waals surface area contributed by atoms with E-state index in [2.05, 4.69) is 68.1 Å². The van der Waals surface area contributed by atoms with Crippen LogP contribution in [0.25, 0.3) is 32.9 Å². The number of imide groups is 1. The van der Waals surface area contributed by atoms with Gasteiger partial charge in [-0.15, -0.1) is 5.54 Å². The second-order valence-electron chi connectivity index (χ2n) is 30.0. The normalized spacial score (nSPS) is 20.7. The standard InChI is InChI=1S/C73H97F2N9O9Si/c1-47(2)94(48(3)4,49(5)6)37-21-54-57(74)16-14-51-38-53(92-46-89-11)40-55(61(51)54)63-62(75)64-56(41-76-63)65(83-29-13-22-71(10,43-83)67(87)93-70(7,8)9)79-68(78-64)91-45-73(25-26-73)44-81-35-33-80(34-36-81)42-50-18-23-72(24-19-50)27-31-82(32-28-72)66(86)52-15-17-59(90-12)58(39-52)84-30-20-60(85)77-69(84)88/h14-17,38-41,47-50H,13,18-20,22-36,42-46H2,1-12H3,(H,77,85,88). The van der Waals surface area contributed by atoms with Gasteiger partial charge < -0.3 is 43.3 Å². The number of aromatic nitrogens is 3. The zero-order valence-electron chi connectivity index (χ0n) is 57.4. The van der Waals surface area contributed by atoms with Crippen LogP contribution in [0.4, 0.5) is 25.1 Å². The number of urea groups is 1. The van der Waals surface area contributed by atoms with Crippen molar-refractivity contribution >= 4 is 65.1 Å². The molecule has 0 bridgehead atoms. The molecule has 2 aliphatic carbocycles. The Hall–Kier alpha value is -6.99. The molecule has 6 aliphatic rings. The van der Waals surface area contributed by atoms with Crippen LogP contribution >= 0.6 is 0 Å². The number of rotatable bonds is 19. The molecule has 21 heteroatoms. The first-order valence-corrected chi connectivity index (χ1v) is 36.4. The van der Waals surface area contributed by atoms with E-state index in [9.17, 15) is 19.2 Å². The Bertz CT molecular complexity index is 3700. The fourth-order valence-corrected chi connectivity index (χ4v) is 21.1. The van der Waals surface area contributed by atoms with Crippen molar-refractivity contribution in [2.24, 2.45) is 22.2 Å². The summed E-state index contributed by atoms with van der Waals surface area (Å²) in [6, 6.07) is 11.2. The zero-order valence-corrected chi connectivity index (χ0v) is 58.4. The molecule has 6 heterocycles. The number of fused-ring (bicyclic) bond motifs is 2. The number of hydrogen-bond acceptors (Lipinski definition) is 15. The highest BCUT2D eigenvalue weighted by Gasteiger charge is 2.47. The number of ether oxygens (including phenoxy) is 5. The van der Waals surface area contributed by atoms with Crippen molar-refractivity contribution in [2.75, 3.05) is 109 Å². The third-order valence-electron chi connectivity index (χ3n) is 21.5. The highest BCUT2D eigenvalue weighted by Crippen LogP contribution is 2.50. The first kappa shape index (κ1) is 68.4. The summed E-state index contributed by atoms with van der Waals surface area (Å²) in [5.41, 5.74) is 4.48. The second-order valence-corrected chi connectivity index (χ2v) is 35.6. The number of piperidine rings is 2. The number of likely N-dealkylation sites (tertiary alicyclic amines) is 1. The summed E-state index contributed by atoms with van der Waals surface area (Å²) in [5, 5.41) is 3.73. The number of anilines is 2. The highest BCUT2D eigenvalue weighted by molar-refractivity contribution is 6.90. The number of hydrogen-bond donors (Lipinski definition) is 1. The van der Waals surface area contributed by atoms with Gasteiger partial charge >= 0.3 is 18.0 Å². The zero-order chi connectivity index (χ0) is 67.1. The Balaban J connectivity index is 0.780. The molecule has 1 atom stereocenters. The van der Waals surface area contributed by atoms with Gasteiger partial charge in [-0.1, -0.05) is 53.5 Å². The van der Waals surface area contributed by atoms with Crippen LogP contribution in [0.5, 0.6) is 17.5 Å². The lowest BCUT2D eigenvalue weighted by molar-refractivity contribution is -0.167. The van der Waals surface area contributed by atoms with Crippen LogP contribution in [0.3, 0.4) is 0 Å². The number of esters is 1. The molecule has 1 spiro atoms. The fourth-order valence-electron chi connectivity index (χ4n) is 15.9. The van der Waals surface area contributed by atoms with Crippen molar-refractivity contribution in [1.82, 2.24) is 35.0 Å². The van der Waals surface area contributed by atoms with Gasteiger partial charge in [-0.2, -0.15) is 9.97 Å². The van der Waals surface area contributed by atoms with E-state index in [4.69, 9.17) is 38.6 Å². The first-order valence-electron chi connectivity index (χ1n) is 34.2. The van der Waals surface area contributed by atoms with E-state index >= 15 is 8.78 Å². The SMILES string of the molecule is COCOc1cc(-c2ncc3c(N4CCCC(C)(C(=O)OC(C)(C)C)C4)nc(OCC4(CN5CCN(CC6CCC7(CC6)CCN(C(=O)c6ccc(OC)c(N8CCC(=O)NC8=O)c6)CC7)CC5)CC4)nc3c2F)c2c(C#C[Si](C(C)C)(C(C)C)C(C)C)c(F)ccc2c1. The smallest absolute Gasteiger partial charge is 0.328 e. The minimum atomic E-state index is -2.36. The van der Waals surface area contributed by atoms with Gasteiger partial charge in [0.05, 0.1) is 35.8 Å². The van der Waals surface area contributed by atoms with E-state index in [1.165, 1.54) is 50.9 Å². The molecule has 2 aromatic heterocycles. The average molecular weight is 1310 g/mol. The molecule has 506 valence electrons. The van der Waals surface area contributed by atoms with Crippen LogP contribution in [0.2, 0.25) is 16.6 Å². The number of nitrogens with zero attached hydrogens (tertiary/aromatic N) is 8. The van der Waals surface area contributed by atoms with Crippen LogP contribution in [0.15, 0.2) is 48.7 Å². The number of carbonyl (C=O) groups excluding carboxylic acids is 4. The van der Waals surface area contributed by atoms with Crippen molar-refractivity contribution in [1.29, 1.82) is 0 Å². The number of halogens is 2. The Kier molecular flexibility index (Phi) is 20.1. The van der Waals surface area contributed by atoms with Gasteiger partial charge in [0.1, 0.15) is 48.0 Å². The van der Waals surface area contributed by atoms with Gasteiger partial charge in [-0.05, 0) is 162 Å². The van der Waals surface area contributed by atoms with Gasteiger partial charge in [0.2, 0.25) is 5.91 Å². The van der Waals surface area contributed by atoms with Crippen LogP contribution < -0.4 is 29.3 Å². The lowest BCUT2D eigenvalue weighted by Crippen LogP contribution is -2.50. The molecule has 4 aliphatic heterocycles. The lowest BCUT2D eigenvalue weighted by atomic mass is 9.65. The number of methoxy groups -OCH3 is 2. The summed E-state index contributed by atoms with van der Waals surface area (Å²) in [6.07, 6.45) is 11.6. The van der Waals surface area contributed by atoms with Crippen molar-refractivity contribution in [3.8, 4) is 40.2 Å². The van der Waals surface area contributed by atoms with Gasteiger partial charge in [0, 0.05) is 114 Å². The average Bonchev–Trinajstić information content (AvgIpc) is 0.861. The van der Waals surface area contributed by atoms with E-state index in [0.717, 1.165) is 65.0 Å². The van der Waals surface area contributed by atoms with Gasteiger partial charge in [-0.25, -0.2) is 13.6 Å². The van der Waals surface area contributed by atoms with Crippen molar-refractivity contribution in [2.45, 2.75) is 162 Å². The highest BCUT2D eigenvalue weighted by atomic mass is 28.3. The number of pyridine rings is 1. The molecule has 11 rings (SSSR count). The quantitative estimate of drug-likeness (QED) is 0.0357. The predicted molar refractivity (Wildman–Crippen MR) is 364 cm³/mol. The molecular formula is C73H97F2N9O9Si. The molecular weight excluding hydrogens is 1210 g/mol. The molecule has 6 fully saturated rings. The number of benzene rings is 3. The molecule has 0 radical (unpaired) electrons. The van der Waals surface area contributed by atoms with E-state index in [1.807, 2.05) is 37.5 Å². The molecule has 1 N–H and O–H groups in total. The third kappa shape index (κ3) is 14.4. The molecule has 1 unspecified atom stereocenters. The number of nitrogens with one attached hydrogen (secondary N) is 1. The van der Waals surface area contributed by atoms with Crippen molar-refractivity contribution < 1.29 is 51.6 Å². The molecule has 18 nitrogen and oxygen atoms in total. The lowest BCUT2D eigenvalue weighted by Gasteiger charge is -2.47. The van der Waals surface area contributed by atoms with E-state index in [-0.39, 0.29) is 94.3 Å². The molecule has 3 aromatic carbocycles. The van der Waals surface area contributed by atoms with Gasteiger partial charge in [-0.3, -0.25) is 29.6 Å². The Labute approximate surface area is 554 Å². The maximum absolute atomic E-state index is 18.3. The largest absolute Gasteiger partial charge is 0.495 e. The summed E-state index contributed by atoms with van der Waals surface area (Å²) in [6.45, 7) is 29.3. The van der Waals surface area contributed by atoms with Crippen LogP contribution in [0.1, 0.15) is 156 Å². The molecule has 5 aromatic rings. The summed E-state index contributed by atoms with van der Waals surface area (Å²) in [4.78, 5) is 77.9. The number of amides is 4. The minimum absolute atomic E-state index is 0.0130. The van der Waals surface area contributed by atoms with Crippen LogP contribution in [0, 0.1) is 45.3 Å². The monoisotopic (exact) mass is 1310 g/mol. The molecule has 2 saturated carbocycles. The summed E-state index contributed by atoms with van der Waals surface area (Å²) in [5.74, 6) is 3.32. The molecule has 94 heavy (non-hydrogen) atoms. The maximum Gasteiger partial charge on any atom is 0.328 e. The van der Waals surface area contributed by atoms with Crippen LogP contribution in [-0.2, 0) is 19.1 Å². The van der Waals surface area contributed by atoms with Crippen LogP contribution in [-0.4, -0.2) is 167 Å². The summed E-state index contributed by atoms with van der Waals surface area (Å²) in [7, 11) is 0.687. The van der Waals surface area contributed by atoms with Crippen molar-refractivity contribution in [3.05, 3.63) is 71.4 Å². The second kappa shape index (κ2) is 27.6. The maximum atomic E-state index is 18.3. The Morgan fingerprint density at radius 1 is 0.819 bits per heavy atom. The van der Waals surface area contributed by atoms with Gasteiger partial charge in [0.25, 0.3) is 5.91 Å². The molecule has 4 saturated heterocycles. The summed E-state index contributed by atoms with van der Waals surface area (Å²) < 4.78 is 64.5. The van der Waals surface area contributed by atoms with E-state index in [0.29, 0.717) is 95.3 Å². The minimum Gasteiger partial charge on any atom is -0.495 e. The van der Waals surface area contributed by atoms with Gasteiger partial charge in [0.15, 0.2) is 12.6 Å². The topological polar surface area (TPSA) is 181 Å². The van der Waals surface area contributed by atoms with E-state index in [1.54, 1.807) is 42.6 Å². The molecule has 4 amide bonds. The first-order chi connectivity index (χ1) is 44.8. The number of carbonyl (C=O) groups is 4. The fraction of sp³-hybridized carbons (Fsp3) is 0.603. The summed E-state index contributed by atoms with van der Waals surface area (Å²) >= 11 is 0.